The van der Waals surface area contributed by atoms with Crippen LogP contribution in [0, 0.1) is 0 Å². The Kier molecular flexibility index (Phi) is 8.78. The van der Waals surface area contributed by atoms with E-state index in [2.05, 4.69) is 0 Å². The zero-order valence-corrected chi connectivity index (χ0v) is 16.8. The Labute approximate surface area is 166 Å². The predicted molar refractivity (Wildman–Crippen MR) is 106 cm³/mol. The predicted octanol–water partition coefficient (Wildman–Crippen LogP) is 4.10. The Morgan fingerprint density at radius 2 is 1.36 bits per heavy atom. The van der Waals surface area contributed by atoms with Crippen LogP contribution in [0.15, 0.2) is 48.5 Å². The summed E-state index contributed by atoms with van der Waals surface area (Å²) in [5.74, 6) is 0.940. The minimum absolute atomic E-state index is 0.252. The molecule has 6 nitrogen and oxygen atoms in total. The molecule has 2 rings (SSSR count). The number of esters is 1. The summed E-state index contributed by atoms with van der Waals surface area (Å²) in [6.07, 6.45) is -1.06. The van der Waals surface area contributed by atoms with Crippen LogP contribution < -0.4 is 9.47 Å². The lowest BCUT2D eigenvalue weighted by Crippen LogP contribution is -2.23. The van der Waals surface area contributed by atoms with Crippen molar-refractivity contribution in [3.8, 4) is 11.5 Å². The van der Waals surface area contributed by atoms with Crippen LogP contribution in [0.2, 0.25) is 0 Å². The first-order chi connectivity index (χ1) is 13.7. The number of carbonyl (C=O) groups is 1. The molecule has 0 spiro atoms. The lowest BCUT2D eigenvalue weighted by molar-refractivity contribution is -0.159. The Morgan fingerprint density at radius 3 is 1.86 bits per heavy atom. The van der Waals surface area contributed by atoms with Crippen LogP contribution in [0.5, 0.6) is 11.5 Å². The van der Waals surface area contributed by atoms with E-state index in [9.17, 15) is 4.79 Å². The summed E-state index contributed by atoms with van der Waals surface area (Å²) in [5, 5.41) is 0. The van der Waals surface area contributed by atoms with Gasteiger partial charge in [-0.2, -0.15) is 0 Å². The topological polar surface area (TPSA) is 63.2 Å². The second-order valence-corrected chi connectivity index (χ2v) is 6.03. The zero-order chi connectivity index (χ0) is 20.4. The van der Waals surface area contributed by atoms with E-state index in [0.29, 0.717) is 24.7 Å². The van der Waals surface area contributed by atoms with Gasteiger partial charge in [-0.3, -0.25) is 4.79 Å². The highest BCUT2D eigenvalue weighted by molar-refractivity contribution is 5.69. The third-order valence-corrected chi connectivity index (χ3v) is 4.30. The summed E-state index contributed by atoms with van der Waals surface area (Å²) in [4.78, 5) is 12.2. The number of hydrogen-bond donors (Lipinski definition) is 0. The summed E-state index contributed by atoms with van der Waals surface area (Å²) in [6, 6.07) is 15.0. The molecule has 0 saturated heterocycles. The zero-order valence-electron chi connectivity index (χ0n) is 16.8. The molecule has 2 aromatic carbocycles. The van der Waals surface area contributed by atoms with Crippen LogP contribution in [0.3, 0.4) is 0 Å². The first-order valence-corrected chi connectivity index (χ1v) is 9.22. The molecular formula is C22H28O6. The summed E-state index contributed by atoms with van der Waals surface area (Å²) in [6.45, 7) is 2.49. The quantitative estimate of drug-likeness (QED) is 0.427. The van der Waals surface area contributed by atoms with E-state index in [-0.39, 0.29) is 12.4 Å². The van der Waals surface area contributed by atoms with Gasteiger partial charge >= 0.3 is 5.97 Å². The smallest absolute Gasteiger partial charge is 0.306 e. The van der Waals surface area contributed by atoms with Gasteiger partial charge in [-0.25, -0.2) is 0 Å². The van der Waals surface area contributed by atoms with E-state index in [0.717, 1.165) is 11.1 Å². The number of hydrogen-bond acceptors (Lipinski definition) is 6. The average molecular weight is 388 g/mol. The molecular weight excluding hydrogens is 360 g/mol. The monoisotopic (exact) mass is 388 g/mol. The molecule has 152 valence electrons. The van der Waals surface area contributed by atoms with Crippen molar-refractivity contribution in [1.29, 1.82) is 0 Å². The molecule has 6 heteroatoms. The standard InChI is InChI=1S/C22H28O6/c1-5-20(23)28-22(17-11-7-9-13-19(17)26-4)21(27-15-14-24-2)16-10-6-8-12-18(16)25-3/h6-13,21-22H,5,14-15H2,1-4H3/t21-,22+/m0/s1. The number of ether oxygens (including phenoxy) is 5. The summed E-state index contributed by atoms with van der Waals surface area (Å²) < 4.78 is 28.1. The van der Waals surface area contributed by atoms with E-state index >= 15 is 0 Å². The van der Waals surface area contributed by atoms with Gasteiger partial charge in [0.1, 0.15) is 17.6 Å². The molecule has 0 amide bonds. The minimum Gasteiger partial charge on any atom is -0.496 e. The van der Waals surface area contributed by atoms with Gasteiger partial charge in [0.25, 0.3) is 0 Å². The average Bonchev–Trinajstić information content (AvgIpc) is 2.75. The number of methoxy groups -OCH3 is 3. The fourth-order valence-electron chi connectivity index (χ4n) is 2.91. The van der Waals surface area contributed by atoms with E-state index in [1.165, 1.54) is 0 Å². The second-order valence-electron chi connectivity index (χ2n) is 6.03. The molecule has 0 aliphatic carbocycles. The first-order valence-electron chi connectivity index (χ1n) is 9.22. The highest BCUT2D eigenvalue weighted by Gasteiger charge is 2.33. The normalized spacial score (nSPS) is 12.9. The molecule has 0 bridgehead atoms. The number of carbonyl (C=O) groups excluding carboxylic acids is 1. The number of rotatable bonds is 11. The first kappa shape index (κ1) is 21.7. The van der Waals surface area contributed by atoms with Gasteiger partial charge in [0.15, 0.2) is 6.10 Å². The largest absolute Gasteiger partial charge is 0.496 e. The third-order valence-electron chi connectivity index (χ3n) is 4.30. The molecule has 0 radical (unpaired) electrons. The van der Waals surface area contributed by atoms with Crippen molar-refractivity contribution in [3.63, 3.8) is 0 Å². The molecule has 0 aromatic heterocycles. The second kappa shape index (κ2) is 11.3. The van der Waals surface area contributed by atoms with Crippen LogP contribution in [-0.2, 0) is 19.0 Å². The maximum atomic E-state index is 12.2. The van der Waals surface area contributed by atoms with E-state index < -0.39 is 12.2 Å². The number of benzene rings is 2. The van der Waals surface area contributed by atoms with Crippen molar-refractivity contribution in [1.82, 2.24) is 0 Å². The highest BCUT2D eigenvalue weighted by atomic mass is 16.6. The van der Waals surface area contributed by atoms with Crippen molar-refractivity contribution in [2.45, 2.75) is 25.6 Å². The van der Waals surface area contributed by atoms with Gasteiger partial charge in [0.05, 0.1) is 27.4 Å². The van der Waals surface area contributed by atoms with Gasteiger partial charge in [0, 0.05) is 24.7 Å². The van der Waals surface area contributed by atoms with Crippen molar-refractivity contribution in [2.75, 3.05) is 34.5 Å². The molecule has 0 heterocycles. The fourth-order valence-corrected chi connectivity index (χ4v) is 2.91. The van der Waals surface area contributed by atoms with Crippen molar-refractivity contribution < 1.29 is 28.5 Å². The lowest BCUT2D eigenvalue weighted by Gasteiger charge is -2.29. The maximum absolute atomic E-state index is 12.2. The van der Waals surface area contributed by atoms with E-state index in [4.69, 9.17) is 23.7 Å². The van der Waals surface area contributed by atoms with Crippen molar-refractivity contribution in [2.24, 2.45) is 0 Å². The van der Waals surface area contributed by atoms with E-state index in [1.54, 1.807) is 28.3 Å². The van der Waals surface area contributed by atoms with Gasteiger partial charge < -0.3 is 23.7 Å². The minimum atomic E-state index is -0.711. The summed E-state index contributed by atoms with van der Waals surface area (Å²) in [7, 11) is 4.79. The van der Waals surface area contributed by atoms with Crippen LogP contribution in [0.4, 0.5) is 0 Å². The highest BCUT2D eigenvalue weighted by Crippen LogP contribution is 2.42. The summed E-state index contributed by atoms with van der Waals surface area (Å²) >= 11 is 0. The molecule has 0 aliphatic rings. The molecule has 28 heavy (non-hydrogen) atoms. The molecule has 0 fully saturated rings. The Bertz CT molecular complexity index is 745. The Hall–Kier alpha value is -2.57. The third kappa shape index (κ3) is 5.47. The van der Waals surface area contributed by atoms with Crippen LogP contribution >= 0.6 is 0 Å². The van der Waals surface area contributed by atoms with Gasteiger partial charge in [0.2, 0.25) is 0 Å². The van der Waals surface area contributed by atoms with Gasteiger partial charge in [-0.1, -0.05) is 43.3 Å². The van der Waals surface area contributed by atoms with Gasteiger partial charge in [-0.15, -0.1) is 0 Å². The maximum Gasteiger partial charge on any atom is 0.306 e. The lowest BCUT2D eigenvalue weighted by atomic mass is 9.96. The molecule has 0 unspecified atom stereocenters. The molecule has 2 aromatic rings. The molecule has 0 aliphatic heterocycles. The molecule has 2 atom stereocenters. The summed E-state index contributed by atoms with van der Waals surface area (Å²) in [5.41, 5.74) is 1.50. The Morgan fingerprint density at radius 1 is 0.821 bits per heavy atom. The fraction of sp³-hybridized carbons (Fsp3) is 0.409. The van der Waals surface area contributed by atoms with E-state index in [1.807, 2.05) is 48.5 Å². The van der Waals surface area contributed by atoms with Crippen molar-refractivity contribution in [3.05, 3.63) is 59.7 Å². The van der Waals surface area contributed by atoms with Crippen LogP contribution in [0.25, 0.3) is 0 Å². The van der Waals surface area contributed by atoms with Crippen LogP contribution in [0.1, 0.15) is 36.7 Å². The molecule has 0 saturated carbocycles. The van der Waals surface area contributed by atoms with Crippen LogP contribution in [-0.4, -0.2) is 40.5 Å². The molecule has 0 N–H and O–H groups in total. The van der Waals surface area contributed by atoms with Crippen molar-refractivity contribution >= 4 is 5.97 Å². The SMILES string of the molecule is CCC(=O)O[C@H](c1ccccc1OC)[C@@H](OCCOC)c1ccccc1OC. The Balaban J connectivity index is 2.54. The number of para-hydroxylation sites is 2. The van der Waals surface area contributed by atoms with Gasteiger partial charge in [-0.05, 0) is 12.1 Å².